The van der Waals surface area contributed by atoms with E-state index >= 15 is 0 Å². The molecule has 0 amide bonds. The average Bonchev–Trinajstić information content (AvgIpc) is 2.89. The number of hydrogen-bond donors (Lipinski definition) is 1. The van der Waals surface area contributed by atoms with E-state index in [4.69, 9.17) is 9.47 Å². The summed E-state index contributed by atoms with van der Waals surface area (Å²) in [5.74, 6) is -0.0516. The first-order valence-corrected chi connectivity index (χ1v) is 7.19. The second-order valence-electron chi connectivity index (χ2n) is 5.52. The van der Waals surface area contributed by atoms with Crippen molar-refractivity contribution in [2.75, 3.05) is 13.7 Å². The Balaban J connectivity index is 1.90. The summed E-state index contributed by atoms with van der Waals surface area (Å²) in [6.07, 6.45) is 7.08. The monoisotopic (exact) mass is 255 g/mol. The third-order valence-electron chi connectivity index (χ3n) is 4.42. The highest BCUT2D eigenvalue weighted by Crippen LogP contribution is 2.28. The number of hydrogen-bond acceptors (Lipinski definition) is 4. The smallest absolute Gasteiger partial charge is 0.326 e. The third kappa shape index (κ3) is 2.86. The number of esters is 1. The molecule has 4 nitrogen and oxygen atoms in total. The molecule has 1 aliphatic carbocycles. The number of methoxy groups -OCH3 is 1. The molecule has 3 unspecified atom stereocenters. The van der Waals surface area contributed by atoms with E-state index in [1.165, 1.54) is 0 Å². The van der Waals surface area contributed by atoms with Gasteiger partial charge in [-0.15, -0.1) is 0 Å². The summed E-state index contributed by atoms with van der Waals surface area (Å²) >= 11 is 0. The van der Waals surface area contributed by atoms with Gasteiger partial charge in [-0.1, -0.05) is 6.92 Å². The van der Waals surface area contributed by atoms with Gasteiger partial charge in [0.1, 0.15) is 11.6 Å². The number of rotatable bonds is 4. The van der Waals surface area contributed by atoms with Crippen LogP contribution >= 0.6 is 0 Å². The first kappa shape index (κ1) is 13.8. The fourth-order valence-corrected chi connectivity index (χ4v) is 3.11. The Kier molecular flexibility index (Phi) is 4.62. The van der Waals surface area contributed by atoms with Crippen LogP contribution in [0.5, 0.6) is 0 Å². The highest BCUT2D eigenvalue weighted by molar-refractivity contribution is 5.81. The normalized spacial score (nSPS) is 36.6. The molecule has 3 atom stereocenters. The first-order valence-electron chi connectivity index (χ1n) is 7.19. The van der Waals surface area contributed by atoms with E-state index in [0.717, 1.165) is 51.5 Å². The van der Waals surface area contributed by atoms with Crippen LogP contribution in [0.1, 0.15) is 51.9 Å². The molecule has 0 aromatic rings. The van der Waals surface area contributed by atoms with Gasteiger partial charge in [-0.3, -0.25) is 4.79 Å². The van der Waals surface area contributed by atoms with E-state index < -0.39 is 5.54 Å². The Labute approximate surface area is 109 Å². The first-order chi connectivity index (χ1) is 8.70. The molecule has 0 aromatic carbocycles. The molecule has 1 saturated heterocycles. The Hall–Kier alpha value is -0.610. The van der Waals surface area contributed by atoms with E-state index in [1.807, 2.05) is 0 Å². The Bertz CT molecular complexity index is 287. The summed E-state index contributed by atoms with van der Waals surface area (Å²) in [7, 11) is 1.74. The standard InChI is InChI=1S/C14H25NO3/c1-3-14(8-5-9-15-14)13(16)18-12-7-4-6-11(10-12)17-2/h11-12,15H,3-10H2,1-2H3. The summed E-state index contributed by atoms with van der Waals surface area (Å²) in [5.41, 5.74) is -0.417. The van der Waals surface area contributed by atoms with E-state index in [2.05, 4.69) is 12.2 Å². The summed E-state index contributed by atoms with van der Waals surface area (Å²) in [5, 5.41) is 3.33. The third-order valence-corrected chi connectivity index (χ3v) is 4.42. The van der Waals surface area contributed by atoms with Gasteiger partial charge in [0.15, 0.2) is 0 Å². The van der Waals surface area contributed by atoms with Gasteiger partial charge in [-0.05, 0) is 45.1 Å². The predicted molar refractivity (Wildman–Crippen MR) is 69.4 cm³/mol. The lowest BCUT2D eigenvalue weighted by Gasteiger charge is -2.32. The van der Waals surface area contributed by atoms with Crippen molar-refractivity contribution in [1.82, 2.24) is 5.32 Å². The fraction of sp³-hybridized carbons (Fsp3) is 0.929. The lowest BCUT2D eigenvalue weighted by Crippen LogP contribution is -2.49. The van der Waals surface area contributed by atoms with Crippen molar-refractivity contribution in [1.29, 1.82) is 0 Å². The van der Waals surface area contributed by atoms with E-state index in [9.17, 15) is 4.79 Å². The zero-order valence-corrected chi connectivity index (χ0v) is 11.5. The second kappa shape index (κ2) is 6.02. The van der Waals surface area contributed by atoms with Crippen molar-refractivity contribution in [2.24, 2.45) is 0 Å². The SMILES string of the molecule is CCC1(C(=O)OC2CCCC(OC)C2)CCCN1. The highest BCUT2D eigenvalue weighted by atomic mass is 16.5. The molecule has 104 valence electrons. The van der Waals surface area contributed by atoms with Crippen LogP contribution < -0.4 is 5.32 Å². The molecule has 1 N–H and O–H groups in total. The highest BCUT2D eigenvalue weighted by Gasteiger charge is 2.42. The molecule has 4 heteroatoms. The van der Waals surface area contributed by atoms with Crippen LogP contribution in [-0.4, -0.2) is 37.4 Å². The van der Waals surface area contributed by atoms with Crippen molar-refractivity contribution in [3.63, 3.8) is 0 Å². The quantitative estimate of drug-likeness (QED) is 0.781. The maximum atomic E-state index is 12.3. The number of carbonyl (C=O) groups is 1. The summed E-state index contributed by atoms with van der Waals surface area (Å²) in [6.45, 7) is 2.98. The van der Waals surface area contributed by atoms with Crippen LogP contribution in [0.3, 0.4) is 0 Å². The summed E-state index contributed by atoms with van der Waals surface area (Å²) in [6, 6.07) is 0. The molecule has 2 rings (SSSR count). The summed E-state index contributed by atoms with van der Waals surface area (Å²) < 4.78 is 11.1. The molecular weight excluding hydrogens is 230 g/mol. The molecule has 2 aliphatic rings. The molecule has 18 heavy (non-hydrogen) atoms. The largest absolute Gasteiger partial charge is 0.461 e. The molecule has 0 radical (unpaired) electrons. The van der Waals surface area contributed by atoms with Gasteiger partial charge in [-0.25, -0.2) is 0 Å². The minimum atomic E-state index is -0.417. The van der Waals surface area contributed by atoms with E-state index in [1.54, 1.807) is 7.11 Å². The van der Waals surface area contributed by atoms with Crippen molar-refractivity contribution in [3.8, 4) is 0 Å². The predicted octanol–water partition coefficient (Wildman–Crippen LogP) is 2.02. The van der Waals surface area contributed by atoms with Crippen LogP contribution in [0.25, 0.3) is 0 Å². The topological polar surface area (TPSA) is 47.6 Å². The van der Waals surface area contributed by atoms with Crippen LogP contribution in [0.2, 0.25) is 0 Å². The van der Waals surface area contributed by atoms with Gasteiger partial charge in [0.05, 0.1) is 6.10 Å². The Morgan fingerprint density at radius 3 is 2.72 bits per heavy atom. The average molecular weight is 255 g/mol. The fourth-order valence-electron chi connectivity index (χ4n) is 3.11. The molecule has 0 spiro atoms. The minimum absolute atomic E-state index is 0.0435. The van der Waals surface area contributed by atoms with Gasteiger partial charge >= 0.3 is 5.97 Å². The summed E-state index contributed by atoms with van der Waals surface area (Å²) in [4.78, 5) is 12.3. The second-order valence-corrected chi connectivity index (χ2v) is 5.52. The molecule has 0 aromatic heterocycles. The Morgan fingerprint density at radius 2 is 2.11 bits per heavy atom. The van der Waals surface area contributed by atoms with Gasteiger partial charge in [0.2, 0.25) is 0 Å². The lowest BCUT2D eigenvalue weighted by atomic mass is 9.92. The molecule has 1 heterocycles. The maximum absolute atomic E-state index is 12.3. The zero-order chi connectivity index (χ0) is 13.0. The van der Waals surface area contributed by atoms with Gasteiger partial charge < -0.3 is 14.8 Å². The van der Waals surface area contributed by atoms with Gasteiger partial charge in [0.25, 0.3) is 0 Å². The number of nitrogens with one attached hydrogen (secondary N) is 1. The zero-order valence-electron chi connectivity index (χ0n) is 11.5. The lowest BCUT2D eigenvalue weighted by molar-refractivity contribution is -0.160. The minimum Gasteiger partial charge on any atom is -0.461 e. The Morgan fingerprint density at radius 1 is 1.33 bits per heavy atom. The van der Waals surface area contributed by atoms with Gasteiger partial charge in [-0.2, -0.15) is 0 Å². The molecule has 2 fully saturated rings. The molecule has 1 saturated carbocycles. The van der Waals surface area contributed by atoms with Crippen LogP contribution in [0, 0.1) is 0 Å². The number of ether oxygens (including phenoxy) is 2. The molecule has 1 aliphatic heterocycles. The van der Waals surface area contributed by atoms with Crippen molar-refractivity contribution in [2.45, 2.75) is 69.6 Å². The van der Waals surface area contributed by atoms with Crippen molar-refractivity contribution < 1.29 is 14.3 Å². The molecule has 0 bridgehead atoms. The number of carbonyl (C=O) groups excluding carboxylic acids is 1. The maximum Gasteiger partial charge on any atom is 0.326 e. The van der Waals surface area contributed by atoms with Crippen LogP contribution in [-0.2, 0) is 14.3 Å². The van der Waals surface area contributed by atoms with Crippen LogP contribution in [0.15, 0.2) is 0 Å². The van der Waals surface area contributed by atoms with Gasteiger partial charge in [0, 0.05) is 13.5 Å². The van der Waals surface area contributed by atoms with E-state index in [-0.39, 0.29) is 18.2 Å². The van der Waals surface area contributed by atoms with E-state index in [0.29, 0.717) is 0 Å². The molecular formula is C14H25NO3. The van der Waals surface area contributed by atoms with Crippen molar-refractivity contribution in [3.05, 3.63) is 0 Å². The van der Waals surface area contributed by atoms with Crippen molar-refractivity contribution >= 4 is 5.97 Å². The van der Waals surface area contributed by atoms with Crippen LogP contribution in [0.4, 0.5) is 0 Å².